The number of phenolic OH excluding ortho intramolecular Hbond substituents is 1. The van der Waals surface area contributed by atoms with Crippen molar-refractivity contribution >= 4 is 35.0 Å². The fourth-order valence-corrected chi connectivity index (χ4v) is 4.55. The zero-order chi connectivity index (χ0) is 24.5. The molecule has 0 saturated carbocycles. The summed E-state index contributed by atoms with van der Waals surface area (Å²) < 4.78 is 14.6. The third-order valence-corrected chi connectivity index (χ3v) is 6.41. The average molecular weight is 486 g/mol. The van der Waals surface area contributed by atoms with E-state index in [2.05, 4.69) is 40.2 Å². The molecule has 182 valence electrons. The molecule has 1 aromatic carbocycles. The van der Waals surface area contributed by atoms with Crippen LogP contribution in [0.2, 0.25) is 0 Å². The third kappa shape index (κ3) is 5.18. The van der Waals surface area contributed by atoms with E-state index in [9.17, 15) is 15.0 Å². The van der Waals surface area contributed by atoms with Gasteiger partial charge in [0.05, 0.1) is 35.1 Å². The largest absolute Gasteiger partial charge is 0.505 e. The third-order valence-electron chi connectivity index (χ3n) is 5.88. The molecule has 1 fully saturated rings. The first-order chi connectivity index (χ1) is 16.1. The zero-order valence-corrected chi connectivity index (χ0v) is 20.6. The molecule has 3 heterocycles. The van der Waals surface area contributed by atoms with Gasteiger partial charge in [-0.3, -0.25) is 4.79 Å². The first-order valence-corrected chi connectivity index (χ1v) is 12.1. The van der Waals surface area contributed by atoms with Crippen LogP contribution in [0.3, 0.4) is 0 Å². The predicted octanol–water partition coefficient (Wildman–Crippen LogP) is 4.68. The molecule has 0 radical (unpaired) electrons. The number of piperidine rings is 1. The molecule has 1 saturated heterocycles. The SMILES string of the molecule is Cc1ccc(C(Nc2nsnc2Nc2cccc(C(=O)N3CCCC(O)C3)c2O)C(C)(C)C)o1. The second-order valence-electron chi connectivity index (χ2n) is 9.73. The minimum absolute atomic E-state index is 0.166. The summed E-state index contributed by atoms with van der Waals surface area (Å²) in [6.45, 7) is 9.04. The summed E-state index contributed by atoms with van der Waals surface area (Å²) in [5.74, 6) is 2.11. The van der Waals surface area contributed by atoms with Crippen molar-refractivity contribution in [2.75, 3.05) is 23.7 Å². The Hall–Kier alpha value is -3.11. The van der Waals surface area contributed by atoms with E-state index in [1.807, 2.05) is 19.1 Å². The number of aliphatic hydroxyl groups excluding tert-OH is 1. The van der Waals surface area contributed by atoms with Crippen LogP contribution in [-0.2, 0) is 0 Å². The number of amides is 1. The van der Waals surface area contributed by atoms with Gasteiger partial charge in [-0.2, -0.15) is 8.75 Å². The first kappa shape index (κ1) is 24.0. The summed E-state index contributed by atoms with van der Waals surface area (Å²) >= 11 is 1.04. The minimum Gasteiger partial charge on any atom is -0.505 e. The van der Waals surface area contributed by atoms with Crippen molar-refractivity contribution < 1.29 is 19.4 Å². The molecule has 2 atom stereocenters. The number of β-amino-alcohol motifs (C(OH)–C–C–N with tert-alkyl or cyclic N) is 1. The van der Waals surface area contributed by atoms with Crippen LogP contribution in [0.4, 0.5) is 17.3 Å². The van der Waals surface area contributed by atoms with Crippen molar-refractivity contribution in [1.82, 2.24) is 13.6 Å². The lowest BCUT2D eigenvalue weighted by Gasteiger charge is -2.30. The number of hydrogen-bond acceptors (Lipinski definition) is 9. The van der Waals surface area contributed by atoms with E-state index in [-0.39, 0.29) is 35.2 Å². The Bertz CT molecular complexity index is 1150. The van der Waals surface area contributed by atoms with Gasteiger partial charge in [0.25, 0.3) is 5.91 Å². The maximum absolute atomic E-state index is 13.0. The highest BCUT2D eigenvalue weighted by atomic mass is 32.1. The van der Waals surface area contributed by atoms with Gasteiger partial charge in [0.1, 0.15) is 11.5 Å². The summed E-state index contributed by atoms with van der Waals surface area (Å²) in [4.78, 5) is 14.6. The van der Waals surface area contributed by atoms with E-state index in [4.69, 9.17) is 4.42 Å². The van der Waals surface area contributed by atoms with Crippen molar-refractivity contribution in [3.63, 3.8) is 0 Å². The van der Waals surface area contributed by atoms with Crippen molar-refractivity contribution in [1.29, 1.82) is 0 Å². The summed E-state index contributed by atoms with van der Waals surface area (Å²) in [7, 11) is 0. The van der Waals surface area contributed by atoms with Gasteiger partial charge in [0.15, 0.2) is 17.4 Å². The number of carbonyl (C=O) groups is 1. The Morgan fingerprint density at radius 2 is 2.00 bits per heavy atom. The lowest BCUT2D eigenvalue weighted by Crippen LogP contribution is -2.42. The topological polar surface area (TPSA) is 124 Å². The van der Waals surface area contributed by atoms with Crippen molar-refractivity contribution in [3.05, 3.63) is 47.4 Å². The Labute approximate surface area is 203 Å². The summed E-state index contributed by atoms with van der Waals surface area (Å²) in [6.07, 6.45) is 0.872. The van der Waals surface area contributed by atoms with Crippen LogP contribution in [-0.4, -0.2) is 49.0 Å². The van der Waals surface area contributed by atoms with Gasteiger partial charge >= 0.3 is 0 Å². The number of likely N-dealkylation sites (tertiary alicyclic amines) is 1. The van der Waals surface area contributed by atoms with Crippen LogP contribution < -0.4 is 10.6 Å². The van der Waals surface area contributed by atoms with Gasteiger partial charge in [-0.25, -0.2) is 0 Å². The number of carbonyl (C=O) groups excluding carboxylic acids is 1. The normalized spacial score (nSPS) is 17.4. The standard InChI is InChI=1S/C24H31N5O4S/c1-14-10-11-18(33-14)20(24(2,3)4)26-22-21(27-34-28-22)25-17-9-5-8-16(19(17)31)23(32)29-12-6-7-15(30)13-29/h5,8-11,15,20,30-31H,6-7,12-13H2,1-4H3,(H,25,27)(H,26,28). The highest BCUT2D eigenvalue weighted by Crippen LogP contribution is 2.39. The molecule has 4 rings (SSSR count). The number of para-hydroxylation sites is 1. The van der Waals surface area contributed by atoms with Crippen LogP contribution in [0.1, 0.15) is 61.5 Å². The highest BCUT2D eigenvalue weighted by molar-refractivity contribution is 6.99. The number of aromatic hydroxyl groups is 1. The quantitative estimate of drug-likeness (QED) is 0.371. The Morgan fingerprint density at radius 1 is 1.24 bits per heavy atom. The van der Waals surface area contributed by atoms with Gasteiger partial charge in [0, 0.05) is 13.1 Å². The smallest absolute Gasteiger partial charge is 0.257 e. The van der Waals surface area contributed by atoms with E-state index in [0.717, 1.165) is 29.7 Å². The number of phenols is 1. The maximum atomic E-state index is 13.0. The molecule has 0 spiro atoms. The fraction of sp³-hybridized carbons (Fsp3) is 0.458. The number of hydrogen-bond donors (Lipinski definition) is 4. The second kappa shape index (κ2) is 9.63. The van der Waals surface area contributed by atoms with E-state index >= 15 is 0 Å². The van der Waals surface area contributed by atoms with Crippen molar-refractivity contribution in [3.8, 4) is 5.75 Å². The molecule has 2 aromatic heterocycles. The van der Waals surface area contributed by atoms with Crippen molar-refractivity contribution in [2.45, 2.75) is 52.7 Å². The van der Waals surface area contributed by atoms with Gasteiger partial charge < -0.3 is 30.2 Å². The summed E-state index contributed by atoms with van der Waals surface area (Å²) in [6, 6.07) is 8.66. The van der Waals surface area contributed by atoms with Crippen LogP contribution in [0, 0.1) is 12.3 Å². The molecule has 9 nitrogen and oxygen atoms in total. The molecule has 4 N–H and O–H groups in total. The number of aromatic nitrogens is 2. The molecular weight excluding hydrogens is 454 g/mol. The van der Waals surface area contributed by atoms with Crippen LogP contribution >= 0.6 is 11.7 Å². The molecule has 2 unspecified atom stereocenters. The Kier molecular flexibility index (Phi) is 6.81. The number of anilines is 3. The second-order valence-corrected chi connectivity index (χ2v) is 10.3. The highest BCUT2D eigenvalue weighted by Gasteiger charge is 2.31. The minimum atomic E-state index is -0.537. The molecule has 1 aliphatic heterocycles. The van der Waals surface area contributed by atoms with Crippen LogP contribution in [0.5, 0.6) is 5.75 Å². The van der Waals surface area contributed by atoms with E-state index in [1.54, 1.807) is 23.1 Å². The van der Waals surface area contributed by atoms with Gasteiger partial charge in [0.2, 0.25) is 0 Å². The molecule has 3 aromatic rings. The first-order valence-electron chi connectivity index (χ1n) is 11.3. The zero-order valence-electron chi connectivity index (χ0n) is 19.8. The van der Waals surface area contributed by atoms with Crippen LogP contribution in [0.15, 0.2) is 34.7 Å². The van der Waals surface area contributed by atoms with E-state index in [0.29, 0.717) is 30.3 Å². The number of furan rings is 1. The average Bonchev–Trinajstić information content (AvgIpc) is 3.40. The monoisotopic (exact) mass is 485 g/mol. The number of aliphatic hydroxyl groups is 1. The van der Waals surface area contributed by atoms with E-state index in [1.165, 1.54) is 0 Å². The molecule has 1 amide bonds. The molecule has 34 heavy (non-hydrogen) atoms. The number of nitrogens with zero attached hydrogens (tertiary/aromatic N) is 3. The van der Waals surface area contributed by atoms with Gasteiger partial charge in [-0.15, -0.1) is 0 Å². The fourth-order valence-electron chi connectivity index (χ4n) is 4.08. The summed E-state index contributed by atoms with van der Waals surface area (Å²) in [5, 5.41) is 27.3. The number of benzene rings is 1. The number of nitrogens with one attached hydrogen (secondary N) is 2. The lowest BCUT2D eigenvalue weighted by molar-refractivity contribution is 0.0471. The molecule has 0 bridgehead atoms. The maximum Gasteiger partial charge on any atom is 0.257 e. The van der Waals surface area contributed by atoms with Crippen LogP contribution in [0.25, 0.3) is 0 Å². The summed E-state index contributed by atoms with van der Waals surface area (Å²) in [5.41, 5.74) is 0.342. The van der Waals surface area contributed by atoms with E-state index < -0.39 is 6.10 Å². The molecular formula is C24H31N5O4S. The Morgan fingerprint density at radius 3 is 2.68 bits per heavy atom. The number of aryl methyl sites for hydroxylation is 1. The molecule has 1 aliphatic rings. The lowest BCUT2D eigenvalue weighted by atomic mass is 9.85. The molecule has 10 heteroatoms. The predicted molar refractivity (Wildman–Crippen MR) is 132 cm³/mol. The Balaban J connectivity index is 1.56. The van der Waals surface area contributed by atoms with Gasteiger partial charge in [-0.1, -0.05) is 26.8 Å². The van der Waals surface area contributed by atoms with Gasteiger partial charge in [-0.05, 0) is 49.4 Å². The van der Waals surface area contributed by atoms with Crippen molar-refractivity contribution in [2.24, 2.45) is 5.41 Å². The number of rotatable bonds is 6. The molecule has 0 aliphatic carbocycles.